The summed E-state index contributed by atoms with van der Waals surface area (Å²) in [6.07, 6.45) is 8.55. The fourth-order valence-electron chi connectivity index (χ4n) is 3.50. The zero-order valence-electron chi connectivity index (χ0n) is 17.2. The van der Waals surface area contributed by atoms with Crippen molar-refractivity contribution < 1.29 is 19.0 Å². The zero-order valence-corrected chi connectivity index (χ0v) is 17.2. The van der Waals surface area contributed by atoms with Gasteiger partial charge in [-0.1, -0.05) is 12.1 Å². The van der Waals surface area contributed by atoms with Crippen LogP contribution in [0.4, 0.5) is 0 Å². The minimum absolute atomic E-state index is 0.228. The maximum Gasteiger partial charge on any atom is 0.255 e. The van der Waals surface area contributed by atoms with Crippen LogP contribution in [0.25, 0.3) is 23.1 Å². The highest BCUT2D eigenvalue weighted by Crippen LogP contribution is 2.34. The van der Waals surface area contributed by atoms with Gasteiger partial charge < -0.3 is 19.5 Å². The smallest absolute Gasteiger partial charge is 0.255 e. The van der Waals surface area contributed by atoms with E-state index >= 15 is 0 Å². The van der Waals surface area contributed by atoms with E-state index in [9.17, 15) is 4.79 Å². The third kappa shape index (κ3) is 3.71. The second-order valence-corrected chi connectivity index (χ2v) is 7.00. The summed E-state index contributed by atoms with van der Waals surface area (Å²) < 4.78 is 16.4. The lowest BCUT2D eigenvalue weighted by Crippen LogP contribution is -2.24. The zero-order chi connectivity index (χ0) is 21.9. The number of hydrogen-bond donors (Lipinski definition) is 2. The number of rotatable bonds is 6. The van der Waals surface area contributed by atoms with Crippen molar-refractivity contribution in [2.24, 2.45) is 0 Å². The van der Waals surface area contributed by atoms with Crippen LogP contribution in [0.1, 0.15) is 27.3 Å². The summed E-state index contributed by atoms with van der Waals surface area (Å²) in [6, 6.07) is 9.21. The molecule has 9 heteroatoms. The van der Waals surface area contributed by atoms with E-state index in [0.29, 0.717) is 28.5 Å². The first kappa shape index (κ1) is 19.6. The molecule has 2 N–H and O–H groups in total. The molecule has 2 aromatic heterocycles. The molecule has 0 fully saturated rings. The maximum atomic E-state index is 12.8. The Bertz CT molecular complexity index is 1320. The highest BCUT2D eigenvalue weighted by atomic mass is 16.7. The van der Waals surface area contributed by atoms with E-state index in [4.69, 9.17) is 14.2 Å². The summed E-state index contributed by atoms with van der Waals surface area (Å²) in [6.45, 7) is 0.488. The Hall–Kier alpha value is -4.40. The molecule has 0 unspecified atom stereocenters. The molecule has 32 heavy (non-hydrogen) atoms. The molecule has 0 spiro atoms. The molecule has 1 aliphatic heterocycles. The quantitative estimate of drug-likeness (QED) is 0.484. The molecule has 4 aromatic rings. The molecule has 0 bridgehead atoms. The largest absolute Gasteiger partial charge is 0.495 e. The number of aromatic nitrogens is 4. The molecule has 0 saturated carbocycles. The SMILES string of the molecule is COc1c(C(=O)NCc2cnccn2)ccc2[nH]nc(C=Cc3ccc4c(c3)OCO4)c12. The van der Waals surface area contributed by atoms with Crippen LogP contribution in [0.3, 0.4) is 0 Å². The van der Waals surface area contributed by atoms with Gasteiger partial charge in [0.15, 0.2) is 11.5 Å². The van der Waals surface area contributed by atoms with Gasteiger partial charge in [0.2, 0.25) is 6.79 Å². The van der Waals surface area contributed by atoms with Gasteiger partial charge in [-0.2, -0.15) is 5.10 Å². The summed E-state index contributed by atoms with van der Waals surface area (Å²) in [7, 11) is 1.53. The number of carbonyl (C=O) groups excluding carboxylic acids is 1. The normalized spacial score (nSPS) is 12.4. The second kappa shape index (κ2) is 8.38. The van der Waals surface area contributed by atoms with E-state index in [0.717, 1.165) is 22.2 Å². The van der Waals surface area contributed by atoms with E-state index in [-0.39, 0.29) is 19.2 Å². The number of benzene rings is 2. The highest BCUT2D eigenvalue weighted by molar-refractivity contribution is 6.05. The van der Waals surface area contributed by atoms with E-state index in [1.54, 1.807) is 30.7 Å². The summed E-state index contributed by atoms with van der Waals surface area (Å²) in [4.78, 5) is 21.0. The van der Waals surface area contributed by atoms with Crippen molar-refractivity contribution in [1.29, 1.82) is 0 Å². The lowest BCUT2D eigenvalue weighted by atomic mass is 10.1. The van der Waals surface area contributed by atoms with Gasteiger partial charge in [-0.15, -0.1) is 0 Å². The minimum Gasteiger partial charge on any atom is -0.495 e. The molecule has 3 heterocycles. The first-order valence-corrected chi connectivity index (χ1v) is 9.89. The van der Waals surface area contributed by atoms with Crippen LogP contribution in [0.5, 0.6) is 17.2 Å². The Kier molecular flexibility index (Phi) is 5.12. The third-order valence-electron chi connectivity index (χ3n) is 5.04. The van der Waals surface area contributed by atoms with Crippen molar-refractivity contribution in [1.82, 2.24) is 25.5 Å². The molecular weight excluding hydrogens is 410 g/mol. The molecule has 0 aliphatic carbocycles. The fraction of sp³-hybridized carbons (Fsp3) is 0.130. The van der Waals surface area contributed by atoms with Crippen LogP contribution >= 0.6 is 0 Å². The third-order valence-corrected chi connectivity index (χ3v) is 5.04. The molecule has 5 rings (SSSR count). The Morgan fingerprint density at radius 2 is 2.09 bits per heavy atom. The maximum absolute atomic E-state index is 12.8. The Morgan fingerprint density at radius 1 is 1.19 bits per heavy atom. The molecule has 1 aliphatic rings. The standard InChI is InChI=1S/C23H19N5O4/c1-30-22-16(23(29)26-12-15-11-24-8-9-25-15)4-6-18-21(22)17(27-28-18)5-2-14-3-7-19-20(10-14)32-13-31-19/h2-11H,12-13H2,1H3,(H,26,29)(H,27,28). The van der Waals surface area contributed by atoms with Crippen molar-refractivity contribution >= 4 is 29.0 Å². The van der Waals surface area contributed by atoms with E-state index in [1.807, 2.05) is 30.4 Å². The number of fused-ring (bicyclic) bond motifs is 2. The lowest BCUT2D eigenvalue weighted by molar-refractivity contribution is 0.0947. The monoisotopic (exact) mass is 429 g/mol. The number of H-pyrrole nitrogens is 1. The molecule has 0 radical (unpaired) electrons. The van der Waals surface area contributed by atoms with Crippen LogP contribution in [0, 0.1) is 0 Å². The number of nitrogens with zero attached hydrogens (tertiary/aromatic N) is 3. The van der Waals surface area contributed by atoms with Crippen LogP contribution in [0.2, 0.25) is 0 Å². The number of ether oxygens (including phenoxy) is 3. The van der Waals surface area contributed by atoms with Crippen LogP contribution in [-0.2, 0) is 6.54 Å². The van der Waals surface area contributed by atoms with E-state index < -0.39 is 0 Å². The highest BCUT2D eigenvalue weighted by Gasteiger charge is 2.19. The molecule has 1 amide bonds. The Labute approximate surface area is 183 Å². The van der Waals surface area contributed by atoms with Crippen LogP contribution in [-0.4, -0.2) is 40.0 Å². The Balaban J connectivity index is 1.44. The number of nitrogens with one attached hydrogen (secondary N) is 2. The lowest BCUT2D eigenvalue weighted by Gasteiger charge is -2.10. The van der Waals surface area contributed by atoms with Gasteiger partial charge in [0, 0.05) is 12.4 Å². The fourth-order valence-corrected chi connectivity index (χ4v) is 3.50. The topological polar surface area (TPSA) is 111 Å². The van der Waals surface area contributed by atoms with Gasteiger partial charge >= 0.3 is 0 Å². The predicted octanol–water partition coefficient (Wildman–Crippen LogP) is 3.19. The predicted molar refractivity (Wildman–Crippen MR) is 117 cm³/mol. The van der Waals surface area contributed by atoms with Crippen molar-refractivity contribution in [2.75, 3.05) is 13.9 Å². The molecule has 9 nitrogen and oxygen atoms in total. The number of carbonyl (C=O) groups is 1. The van der Waals surface area contributed by atoms with Gasteiger partial charge in [0.05, 0.1) is 47.7 Å². The molecule has 160 valence electrons. The van der Waals surface area contributed by atoms with Gasteiger partial charge in [0.1, 0.15) is 5.75 Å². The first-order chi connectivity index (χ1) is 15.7. The van der Waals surface area contributed by atoms with Gasteiger partial charge in [-0.3, -0.25) is 19.9 Å². The first-order valence-electron chi connectivity index (χ1n) is 9.89. The number of hydrogen-bond acceptors (Lipinski definition) is 7. The molecule has 0 saturated heterocycles. The van der Waals surface area contributed by atoms with Crippen molar-refractivity contribution in [3.63, 3.8) is 0 Å². The number of amides is 1. The Morgan fingerprint density at radius 3 is 2.94 bits per heavy atom. The van der Waals surface area contributed by atoms with Crippen LogP contribution < -0.4 is 19.5 Å². The average molecular weight is 429 g/mol. The van der Waals surface area contributed by atoms with Crippen molar-refractivity contribution in [2.45, 2.75) is 6.54 Å². The van der Waals surface area contributed by atoms with Crippen LogP contribution in [0.15, 0.2) is 48.9 Å². The van der Waals surface area contributed by atoms with Gasteiger partial charge in [-0.05, 0) is 35.9 Å². The minimum atomic E-state index is -0.277. The molecule has 2 aromatic carbocycles. The van der Waals surface area contributed by atoms with Gasteiger partial charge in [0.25, 0.3) is 5.91 Å². The molecular formula is C23H19N5O4. The summed E-state index contributed by atoms with van der Waals surface area (Å²) in [5.74, 6) is 1.60. The number of methoxy groups -OCH3 is 1. The average Bonchev–Trinajstić information content (AvgIpc) is 3.47. The van der Waals surface area contributed by atoms with E-state index in [1.165, 1.54) is 7.11 Å². The summed E-state index contributed by atoms with van der Waals surface area (Å²) in [5, 5.41) is 10.9. The summed E-state index contributed by atoms with van der Waals surface area (Å²) >= 11 is 0. The van der Waals surface area contributed by atoms with Crippen molar-refractivity contribution in [3.8, 4) is 17.2 Å². The molecule has 0 atom stereocenters. The van der Waals surface area contributed by atoms with Crippen molar-refractivity contribution in [3.05, 3.63) is 71.4 Å². The number of aromatic amines is 1. The van der Waals surface area contributed by atoms with E-state index in [2.05, 4.69) is 25.5 Å². The second-order valence-electron chi connectivity index (χ2n) is 7.00. The van der Waals surface area contributed by atoms with Gasteiger partial charge in [-0.25, -0.2) is 0 Å². The summed E-state index contributed by atoms with van der Waals surface area (Å²) in [5.41, 5.74) is 3.41.